The van der Waals surface area contributed by atoms with Crippen LogP contribution in [0, 0.1) is 12.7 Å². The fourth-order valence-corrected chi connectivity index (χ4v) is 3.57. The molecule has 28 heavy (non-hydrogen) atoms. The SMILES string of the molecule is Cc1ccc(F)c2c1CCN(C(=O)Nc1ccn(CCCn3ccnc3)n1)C2. The Kier molecular flexibility index (Phi) is 5.10. The molecule has 0 spiro atoms. The Labute approximate surface area is 162 Å². The van der Waals surface area contributed by atoms with Crippen molar-refractivity contribution in [3.63, 3.8) is 0 Å². The number of rotatable bonds is 5. The first kappa shape index (κ1) is 18.2. The van der Waals surface area contributed by atoms with Crippen molar-refractivity contribution >= 4 is 11.8 Å². The highest BCUT2D eigenvalue weighted by molar-refractivity contribution is 5.88. The molecule has 4 rings (SSSR count). The fourth-order valence-electron chi connectivity index (χ4n) is 3.57. The van der Waals surface area contributed by atoms with E-state index in [0.717, 1.165) is 30.6 Å². The van der Waals surface area contributed by atoms with Crippen LogP contribution in [0.3, 0.4) is 0 Å². The van der Waals surface area contributed by atoms with E-state index in [0.29, 0.717) is 24.3 Å². The van der Waals surface area contributed by atoms with Gasteiger partial charge in [0.15, 0.2) is 5.82 Å². The van der Waals surface area contributed by atoms with Crippen LogP contribution in [0.25, 0.3) is 0 Å². The van der Waals surface area contributed by atoms with Crippen LogP contribution in [-0.2, 0) is 26.1 Å². The van der Waals surface area contributed by atoms with Crippen LogP contribution in [-0.4, -0.2) is 36.8 Å². The van der Waals surface area contributed by atoms with E-state index >= 15 is 0 Å². The second-order valence-corrected chi connectivity index (χ2v) is 7.04. The maximum atomic E-state index is 14.2. The monoisotopic (exact) mass is 382 g/mol. The van der Waals surface area contributed by atoms with Crippen LogP contribution < -0.4 is 5.32 Å². The summed E-state index contributed by atoms with van der Waals surface area (Å²) in [5.74, 6) is 0.253. The number of aryl methyl sites for hydroxylation is 3. The molecule has 0 atom stereocenters. The summed E-state index contributed by atoms with van der Waals surface area (Å²) in [6.07, 6.45) is 8.89. The maximum absolute atomic E-state index is 14.2. The predicted molar refractivity (Wildman–Crippen MR) is 103 cm³/mol. The summed E-state index contributed by atoms with van der Waals surface area (Å²) < 4.78 is 18.0. The number of nitrogens with zero attached hydrogens (tertiary/aromatic N) is 5. The fraction of sp³-hybridized carbons (Fsp3) is 0.350. The van der Waals surface area contributed by atoms with E-state index in [4.69, 9.17) is 0 Å². The minimum atomic E-state index is -0.254. The summed E-state index contributed by atoms with van der Waals surface area (Å²) in [5.41, 5.74) is 2.71. The molecule has 0 unspecified atom stereocenters. The van der Waals surface area contributed by atoms with Gasteiger partial charge in [0.2, 0.25) is 0 Å². The number of amides is 2. The van der Waals surface area contributed by atoms with Crippen LogP contribution in [0.15, 0.2) is 43.1 Å². The molecule has 7 nitrogen and oxygen atoms in total. The third kappa shape index (κ3) is 3.90. The van der Waals surface area contributed by atoms with Gasteiger partial charge < -0.3 is 9.47 Å². The average molecular weight is 382 g/mol. The van der Waals surface area contributed by atoms with Gasteiger partial charge in [0.1, 0.15) is 5.82 Å². The number of carbonyl (C=O) groups is 1. The summed E-state index contributed by atoms with van der Waals surface area (Å²) in [5, 5.41) is 7.22. The molecule has 1 aliphatic heterocycles. The van der Waals surface area contributed by atoms with Gasteiger partial charge in [0.25, 0.3) is 0 Å². The Morgan fingerprint density at radius 1 is 1.21 bits per heavy atom. The molecule has 0 saturated carbocycles. The lowest BCUT2D eigenvalue weighted by Gasteiger charge is -2.29. The Balaban J connectivity index is 1.33. The Bertz CT molecular complexity index is 965. The Morgan fingerprint density at radius 3 is 2.93 bits per heavy atom. The summed E-state index contributed by atoms with van der Waals surface area (Å²) in [6.45, 7) is 4.43. The Morgan fingerprint density at radius 2 is 2.11 bits per heavy atom. The molecular weight excluding hydrogens is 359 g/mol. The summed E-state index contributed by atoms with van der Waals surface area (Å²) in [4.78, 5) is 18.2. The van der Waals surface area contributed by atoms with Gasteiger partial charge in [-0.05, 0) is 37.0 Å². The number of hydrogen-bond donors (Lipinski definition) is 1. The lowest BCUT2D eigenvalue weighted by molar-refractivity contribution is 0.205. The molecule has 8 heteroatoms. The molecule has 0 saturated heterocycles. The molecule has 2 aromatic heterocycles. The molecule has 1 aromatic carbocycles. The molecule has 146 valence electrons. The van der Waals surface area contributed by atoms with Gasteiger partial charge in [-0.25, -0.2) is 14.2 Å². The van der Waals surface area contributed by atoms with E-state index in [-0.39, 0.29) is 18.4 Å². The Hall–Kier alpha value is -3.16. The first-order valence-electron chi connectivity index (χ1n) is 9.42. The van der Waals surface area contributed by atoms with Crippen LogP contribution in [0.1, 0.15) is 23.1 Å². The lowest BCUT2D eigenvalue weighted by atomic mass is 9.95. The minimum Gasteiger partial charge on any atom is -0.337 e. The maximum Gasteiger partial charge on any atom is 0.323 e. The highest BCUT2D eigenvalue weighted by Gasteiger charge is 2.24. The van der Waals surface area contributed by atoms with Gasteiger partial charge in [-0.1, -0.05) is 6.07 Å². The number of anilines is 1. The quantitative estimate of drug-likeness (QED) is 0.737. The second-order valence-electron chi connectivity index (χ2n) is 7.04. The first-order valence-corrected chi connectivity index (χ1v) is 9.42. The molecule has 3 aromatic rings. The van der Waals surface area contributed by atoms with E-state index < -0.39 is 0 Å². The molecule has 0 aliphatic carbocycles. The van der Waals surface area contributed by atoms with Crippen molar-refractivity contribution in [2.24, 2.45) is 0 Å². The minimum absolute atomic E-state index is 0.250. The van der Waals surface area contributed by atoms with Crippen molar-refractivity contribution in [3.05, 3.63) is 65.6 Å². The largest absolute Gasteiger partial charge is 0.337 e. The number of urea groups is 1. The molecule has 0 fully saturated rings. The number of aromatic nitrogens is 4. The van der Waals surface area contributed by atoms with Gasteiger partial charge in [0, 0.05) is 49.9 Å². The third-order valence-corrected chi connectivity index (χ3v) is 5.11. The number of imidazole rings is 1. The lowest BCUT2D eigenvalue weighted by Crippen LogP contribution is -2.39. The number of hydrogen-bond acceptors (Lipinski definition) is 3. The van der Waals surface area contributed by atoms with Crippen molar-refractivity contribution in [1.29, 1.82) is 0 Å². The van der Waals surface area contributed by atoms with Gasteiger partial charge in [-0.15, -0.1) is 0 Å². The number of benzene rings is 1. The van der Waals surface area contributed by atoms with Crippen molar-refractivity contribution in [2.75, 3.05) is 11.9 Å². The van der Waals surface area contributed by atoms with E-state index in [1.807, 2.05) is 23.9 Å². The topological polar surface area (TPSA) is 68.0 Å². The molecule has 0 bridgehead atoms. The summed E-state index contributed by atoms with van der Waals surface area (Å²) >= 11 is 0. The number of halogens is 1. The summed E-state index contributed by atoms with van der Waals surface area (Å²) in [6, 6.07) is 4.79. The molecular formula is C20H23FN6O. The van der Waals surface area contributed by atoms with E-state index in [2.05, 4.69) is 15.4 Å². The van der Waals surface area contributed by atoms with Crippen LogP contribution in [0.2, 0.25) is 0 Å². The second kappa shape index (κ2) is 7.84. The normalized spacial score (nSPS) is 13.4. The van der Waals surface area contributed by atoms with E-state index in [1.165, 1.54) is 6.07 Å². The van der Waals surface area contributed by atoms with Crippen LogP contribution in [0.5, 0.6) is 0 Å². The molecule has 1 N–H and O–H groups in total. The van der Waals surface area contributed by atoms with Crippen molar-refractivity contribution < 1.29 is 9.18 Å². The highest BCUT2D eigenvalue weighted by Crippen LogP contribution is 2.25. The van der Waals surface area contributed by atoms with Crippen LogP contribution in [0.4, 0.5) is 15.0 Å². The first-order chi connectivity index (χ1) is 13.6. The standard InChI is InChI=1S/C20H23FN6O/c1-15-3-4-18(21)17-13-26(10-5-16(15)17)20(28)23-19-6-11-27(24-19)9-2-8-25-12-7-22-14-25/h3-4,6-7,11-12,14H,2,5,8-10,13H2,1H3,(H,23,24,28). The van der Waals surface area contributed by atoms with Gasteiger partial charge in [0.05, 0.1) is 12.9 Å². The molecule has 0 radical (unpaired) electrons. The number of fused-ring (bicyclic) bond motifs is 1. The summed E-state index contributed by atoms with van der Waals surface area (Å²) in [7, 11) is 0. The highest BCUT2D eigenvalue weighted by atomic mass is 19.1. The van der Waals surface area contributed by atoms with Crippen LogP contribution >= 0.6 is 0 Å². The number of nitrogens with one attached hydrogen (secondary N) is 1. The predicted octanol–water partition coefficient (Wildman–Crippen LogP) is 3.21. The van der Waals surface area contributed by atoms with E-state index in [1.54, 1.807) is 34.2 Å². The van der Waals surface area contributed by atoms with Gasteiger partial charge in [-0.3, -0.25) is 10.00 Å². The average Bonchev–Trinajstić information content (AvgIpc) is 3.37. The zero-order valence-corrected chi connectivity index (χ0v) is 15.8. The third-order valence-electron chi connectivity index (χ3n) is 5.11. The van der Waals surface area contributed by atoms with Gasteiger partial charge >= 0.3 is 6.03 Å². The molecule has 3 heterocycles. The smallest absolute Gasteiger partial charge is 0.323 e. The number of carbonyl (C=O) groups excluding carboxylic acids is 1. The molecule has 1 aliphatic rings. The zero-order valence-electron chi connectivity index (χ0n) is 15.8. The van der Waals surface area contributed by atoms with E-state index in [9.17, 15) is 9.18 Å². The van der Waals surface area contributed by atoms with Crippen molar-refractivity contribution in [3.8, 4) is 0 Å². The zero-order chi connectivity index (χ0) is 19.5. The van der Waals surface area contributed by atoms with Crippen molar-refractivity contribution in [1.82, 2.24) is 24.2 Å². The van der Waals surface area contributed by atoms with Gasteiger partial charge in [-0.2, -0.15) is 5.10 Å². The van der Waals surface area contributed by atoms with Crippen molar-refractivity contribution in [2.45, 2.75) is 39.4 Å². The molecule has 2 amide bonds.